The third-order valence-corrected chi connectivity index (χ3v) is 6.43. The lowest BCUT2D eigenvalue weighted by Gasteiger charge is -2.27. The largest absolute Gasteiger partial charge is 0.507 e. The molecule has 6 nitrogen and oxygen atoms in total. The fourth-order valence-corrected chi connectivity index (χ4v) is 4.44. The molecule has 1 fully saturated rings. The van der Waals surface area contributed by atoms with Gasteiger partial charge in [0.25, 0.3) is 11.7 Å². The number of aliphatic hydroxyl groups excluding tert-OH is 1. The van der Waals surface area contributed by atoms with E-state index in [1.165, 1.54) is 30.0 Å². The fourth-order valence-electron chi connectivity index (χ4n) is 4.44. The van der Waals surface area contributed by atoms with Crippen LogP contribution in [0, 0.1) is 12.7 Å². The van der Waals surface area contributed by atoms with Crippen molar-refractivity contribution in [2.75, 3.05) is 10.2 Å². The van der Waals surface area contributed by atoms with E-state index >= 15 is 0 Å². The summed E-state index contributed by atoms with van der Waals surface area (Å²) in [4.78, 5) is 39.4. The summed E-state index contributed by atoms with van der Waals surface area (Å²) in [5.74, 6) is -2.68. The summed E-state index contributed by atoms with van der Waals surface area (Å²) in [7, 11) is 0. The first kappa shape index (κ1) is 25.8. The molecule has 1 saturated heterocycles. The van der Waals surface area contributed by atoms with Gasteiger partial charge in [0.1, 0.15) is 11.6 Å². The zero-order valence-corrected chi connectivity index (χ0v) is 21.4. The highest BCUT2D eigenvalue weighted by atomic mass is 19.1. The predicted molar refractivity (Wildman–Crippen MR) is 142 cm³/mol. The molecule has 3 aromatic carbocycles. The van der Waals surface area contributed by atoms with Crippen LogP contribution in [-0.4, -0.2) is 22.7 Å². The van der Waals surface area contributed by atoms with Crippen molar-refractivity contribution in [3.63, 3.8) is 0 Å². The quantitative estimate of drug-likeness (QED) is 0.261. The third-order valence-electron chi connectivity index (χ3n) is 6.43. The Bertz CT molecular complexity index is 1420. The fraction of sp³-hybridized carbons (Fsp3) is 0.233. The number of anilines is 2. The maximum absolute atomic E-state index is 13.9. The number of carbonyl (C=O) groups excluding carboxylic acids is 3. The first-order chi connectivity index (χ1) is 17.4. The number of hydrogen-bond donors (Lipinski definition) is 2. The Labute approximate surface area is 215 Å². The third kappa shape index (κ3) is 5.03. The summed E-state index contributed by atoms with van der Waals surface area (Å²) in [6.45, 7) is 9.21. The maximum Gasteiger partial charge on any atom is 0.300 e. The van der Waals surface area contributed by atoms with Crippen molar-refractivity contribution < 1.29 is 23.9 Å². The molecule has 2 amide bonds. The highest BCUT2D eigenvalue weighted by Gasteiger charge is 2.47. The van der Waals surface area contributed by atoms with E-state index in [9.17, 15) is 23.9 Å². The SMILES string of the molecule is CC(=O)Nc1ccc(N2C(=O)C(=O)/C(=C(\O)c3ccc(F)c(C)c3)C2c2ccc(C(C)(C)C)cc2)cc1. The van der Waals surface area contributed by atoms with Crippen LogP contribution in [0.1, 0.15) is 56.0 Å². The van der Waals surface area contributed by atoms with E-state index in [2.05, 4.69) is 26.1 Å². The number of carbonyl (C=O) groups is 3. The molecule has 2 N–H and O–H groups in total. The first-order valence-corrected chi connectivity index (χ1v) is 11.9. The van der Waals surface area contributed by atoms with Gasteiger partial charge in [-0.15, -0.1) is 0 Å². The molecule has 0 spiro atoms. The molecule has 4 rings (SSSR count). The molecule has 190 valence electrons. The van der Waals surface area contributed by atoms with E-state index in [4.69, 9.17) is 0 Å². The number of halogens is 1. The van der Waals surface area contributed by atoms with Crippen molar-refractivity contribution in [2.24, 2.45) is 0 Å². The molecule has 1 unspecified atom stereocenters. The van der Waals surface area contributed by atoms with E-state index in [-0.39, 0.29) is 28.2 Å². The lowest BCUT2D eigenvalue weighted by Crippen LogP contribution is -2.29. The number of hydrogen-bond acceptors (Lipinski definition) is 4. The molecule has 1 aliphatic heterocycles. The van der Waals surface area contributed by atoms with Crippen molar-refractivity contribution in [3.8, 4) is 0 Å². The molecule has 0 aliphatic carbocycles. The topological polar surface area (TPSA) is 86.7 Å². The molecule has 0 radical (unpaired) electrons. The van der Waals surface area contributed by atoms with Crippen LogP contribution in [0.15, 0.2) is 72.3 Å². The van der Waals surface area contributed by atoms with Crippen LogP contribution >= 0.6 is 0 Å². The summed E-state index contributed by atoms with van der Waals surface area (Å²) >= 11 is 0. The van der Waals surface area contributed by atoms with Crippen LogP contribution in [-0.2, 0) is 19.8 Å². The van der Waals surface area contributed by atoms with Crippen LogP contribution in [0.3, 0.4) is 0 Å². The van der Waals surface area contributed by atoms with E-state index in [0.29, 0.717) is 22.5 Å². The van der Waals surface area contributed by atoms with Crippen molar-refractivity contribution in [1.29, 1.82) is 0 Å². The van der Waals surface area contributed by atoms with Crippen LogP contribution in [0.25, 0.3) is 5.76 Å². The summed E-state index contributed by atoms with van der Waals surface area (Å²) in [5.41, 5.74) is 3.04. The zero-order valence-electron chi connectivity index (χ0n) is 21.4. The molecule has 37 heavy (non-hydrogen) atoms. The van der Waals surface area contributed by atoms with Gasteiger partial charge < -0.3 is 10.4 Å². The predicted octanol–water partition coefficient (Wildman–Crippen LogP) is 6.02. The standard InChI is InChI=1S/C30H29FN2O4/c1-17-16-20(8-15-24(17)31)27(35)25-26(19-6-9-21(10-7-19)30(3,4)5)33(29(37)28(25)36)23-13-11-22(12-14-23)32-18(2)34/h6-16,26,35H,1-5H3,(H,32,34)/b27-25-. The van der Waals surface area contributed by atoms with Crippen LogP contribution in [0.2, 0.25) is 0 Å². The molecule has 0 bridgehead atoms. The second-order valence-corrected chi connectivity index (χ2v) is 10.2. The Morgan fingerprint density at radius 1 is 0.973 bits per heavy atom. The Morgan fingerprint density at radius 2 is 1.59 bits per heavy atom. The van der Waals surface area contributed by atoms with Crippen molar-refractivity contribution in [1.82, 2.24) is 0 Å². The molecule has 1 aliphatic rings. The number of amides is 2. The van der Waals surface area contributed by atoms with Gasteiger partial charge in [0.2, 0.25) is 5.91 Å². The minimum atomic E-state index is -0.911. The Kier molecular flexibility index (Phi) is 6.74. The monoisotopic (exact) mass is 500 g/mol. The molecule has 7 heteroatoms. The van der Waals surface area contributed by atoms with E-state index < -0.39 is 23.5 Å². The first-order valence-electron chi connectivity index (χ1n) is 11.9. The average molecular weight is 501 g/mol. The Hall–Kier alpha value is -4.26. The number of aliphatic hydroxyl groups is 1. The van der Waals surface area contributed by atoms with E-state index in [1.54, 1.807) is 31.2 Å². The highest BCUT2D eigenvalue weighted by molar-refractivity contribution is 6.51. The summed E-state index contributed by atoms with van der Waals surface area (Å²) in [6.07, 6.45) is 0. The maximum atomic E-state index is 13.9. The second kappa shape index (κ2) is 9.65. The lowest BCUT2D eigenvalue weighted by atomic mass is 9.85. The van der Waals surface area contributed by atoms with E-state index in [0.717, 1.165) is 5.56 Å². The van der Waals surface area contributed by atoms with Gasteiger partial charge in [0.05, 0.1) is 11.6 Å². The van der Waals surface area contributed by atoms with Crippen molar-refractivity contribution in [2.45, 2.75) is 46.1 Å². The minimum Gasteiger partial charge on any atom is -0.507 e. The summed E-state index contributed by atoms with van der Waals surface area (Å²) in [6, 6.07) is 17.3. The Morgan fingerprint density at radius 3 is 2.14 bits per heavy atom. The van der Waals surface area contributed by atoms with Gasteiger partial charge in [0, 0.05) is 23.9 Å². The van der Waals surface area contributed by atoms with Crippen molar-refractivity contribution in [3.05, 3.63) is 100 Å². The summed E-state index contributed by atoms with van der Waals surface area (Å²) in [5, 5.41) is 13.9. The number of nitrogens with one attached hydrogen (secondary N) is 1. The normalized spacial score (nSPS) is 17.2. The minimum absolute atomic E-state index is 0.0783. The van der Waals surface area contributed by atoms with Crippen LogP contribution < -0.4 is 10.2 Å². The number of ketones is 1. The lowest BCUT2D eigenvalue weighted by molar-refractivity contribution is -0.132. The van der Waals surface area contributed by atoms with Gasteiger partial charge in [-0.05, 0) is 71.5 Å². The van der Waals surface area contributed by atoms with Crippen LogP contribution in [0.5, 0.6) is 0 Å². The highest BCUT2D eigenvalue weighted by Crippen LogP contribution is 2.43. The van der Waals surface area contributed by atoms with Gasteiger partial charge in [0.15, 0.2) is 0 Å². The number of aryl methyl sites for hydroxylation is 1. The van der Waals surface area contributed by atoms with Gasteiger partial charge in [-0.2, -0.15) is 0 Å². The molecular weight excluding hydrogens is 471 g/mol. The Balaban J connectivity index is 1.89. The molecule has 0 saturated carbocycles. The van der Waals surface area contributed by atoms with Gasteiger partial charge in [-0.1, -0.05) is 45.0 Å². The molecule has 0 aromatic heterocycles. The smallest absolute Gasteiger partial charge is 0.300 e. The molecule has 1 heterocycles. The summed E-state index contributed by atoms with van der Waals surface area (Å²) < 4.78 is 13.9. The average Bonchev–Trinajstić information content (AvgIpc) is 3.10. The second-order valence-electron chi connectivity index (χ2n) is 10.2. The van der Waals surface area contributed by atoms with Gasteiger partial charge in [-0.3, -0.25) is 19.3 Å². The van der Waals surface area contributed by atoms with Gasteiger partial charge >= 0.3 is 0 Å². The van der Waals surface area contributed by atoms with E-state index in [1.807, 2.05) is 24.3 Å². The number of Topliss-reactive ketones (excluding diaryl/α,β-unsaturated/α-hetero) is 1. The van der Waals surface area contributed by atoms with Crippen LogP contribution in [0.4, 0.5) is 15.8 Å². The van der Waals surface area contributed by atoms with Crippen molar-refractivity contribution >= 4 is 34.7 Å². The zero-order chi connectivity index (χ0) is 27.1. The number of rotatable bonds is 4. The number of nitrogens with zero attached hydrogens (tertiary/aromatic N) is 1. The molecular formula is C30H29FN2O4. The molecule has 3 aromatic rings. The van der Waals surface area contributed by atoms with Gasteiger partial charge in [-0.25, -0.2) is 4.39 Å². The molecule has 1 atom stereocenters. The number of benzene rings is 3.